The van der Waals surface area contributed by atoms with Crippen molar-refractivity contribution in [2.45, 2.75) is 6.04 Å². The van der Waals surface area contributed by atoms with Gasteiger partial charge in [0.15, 0.2) is 0 Å². The van der Waals surface area contributed by atoms with Crippen LogP contribution in [0.1, 0.15) is 0 Å². The summed E-state index contributed by atoms with van der Waals surface area (Å²) in [6.07, 6.45) is 1.40. The molecule has 3 heterocycles. The third kappa shape index (κ3) is 1.76. The second-order valence-corrected chi connectivity index (χ2v) is 5.14. The number of nitrogens with one attached hydrogen (secondary N) is 2. The largest absolute Gasteiger partial charge is 0.352 e. The van der Waals surface area contributed by atoms with Gasteiger partial charge in [-0.2, -0.15) is 0 Å². The Morgan fingerprint density at radius 3 is 3.06 bits per heavy atom. The Hall–Kier alpha value is -1.57. The van der Waals surface area contributed by atoms with Gasteiger partial charge in [0.25, 0.3) is 5.56 Å². The molecule has 0 spiro atoms. The quantitative estimate of drug-likeness (QED) is 0.749. The van der Waals surface area contributed by atoms with Gasteiger partial charge in [0.1, 0.15) is 10.3 Å². The van der Waals surface area contributed by atoms with E-state index in [1.165, 1.54) is 6.33 Å². The van der Waals surface area contributed by atoms with Crippen LogP contribution < -0.4 is 15.8 Å². The van der Waals surface area contributed by atoms with E-state index in [0.717, 1.165) is 0 Å². The van der Waals surface area contributed by atoms with Crippen LogP contribution in [0, 0.1) is 0 Å². The highest BCUT2D eigenvalue weighted by Gasteiger charge is 2.36. The molecular formula is C10H12BrN5O2. The first-order valence-corrected chi connectivity index (χ1v) is 6.48. The molecule has 96 valence electrons. The normalized spacial score (nSPS) is 22.9. The molecule has 7 nitrogen and oxygen atoms in total. The number of carbonyl (C=O) groups excluding carboxylic acids is 1. The van der Waals surface area contributed by atoms with Crippen molar-refractivity contribution in [2.75, 3.05) is 31.1 Å². The van der Waals surface area contributed by atoms with Crippen LogP contribution in [-0.2, 0) is 0 Å². The summed E-state index contributed by atoms with van der Waals surface area (Å²) in [5.41, 5.74) is -0.192. The Morgan fingerprint density at radius 2 is 2.22 bits per heavy atom. The Bertz CT molecular complexity index is 545. The van der Waals surface area contributed by atoms with Crippen LogP contribution in [0.25, 0.3) is 0 Å². The molecule has 0 saturated carbocycles. The highest BCUT2D eigenvalue weighted by molar-refractivity contribution is 9.10. The molecule has 0 aromatic carbocycles. The van der Waals surface area contributed by atoms with Crippen molar-refractivity contribution in [3.05, 3.63) is 21.2 Å². The van der Waals surface area contributed by atoms with Crippen LogP contribution in [0.3, 0.4) is 0 Å². The number of fused-ring (bicyclic) bond motifs is 1. The first kappa shape index (κ1) is 11.5. The zero-order valence-electron chi connectivity index (χ0n) is 9.52. The number of halogens is 1. The number of aromatic nitrogens is 2. The molecule has 1 unspecified atom stereocenters. The van der Waals surface area contributed by atoms with Crippen LogP contribution in [0.5, 0.6) is 0 Å². The van der Waals surface area contributed by atoms with Crippen LogP contribution in [0.15, 0.2) is 15.6 Å². The summed E-state index contributed by atoms with van der Waals surface area (Å²) in [6.45, 7) is 2.67. The Labute approximate surface area is 111 Å². The van der Waals surface area contributed by atoms with Crippen molar-refractivity contribution in [1.29, 1.82) is 0 Å². The molecule has 8 heteroatoms. The number of amides is 2. The number of piperazine rings is 1. The fourth-order valence-electron chi connectivity index (χ4n) is 2.39. The molecule has 2 N–H and O–H groups in total. The van der Waals surface area contributed by atoms with Crippen molar-refractivity contribution in [1.82, 2.24) is 20.2 Å². The Kier molecular flexibility index (Phi) is 2.73. The molecule has 0 aliphatic carbocycles. The van der Waals surface area contributed by atoms with Crippen molar-refractivity contribution in [3.63, 3.8) is 0 Å². The average Bonchev–Trinajstić information content (AvgIpc) is 2.74. The van der Waals surface area contributed by atoms with Gasteiger partial charge < -0.3 is 20.1 Å². The van der Waals surface area contributed by atoms with Gasteiger partial charge in [0.05, 0.1) is 12.4 Å². The first-order chi connectivity index (χ1) is 8.66. The lowest BCUT2D eigenvalue weighted by Gasteiger charge is -2.37. The fourth-order valence-corrected chi connectivity index (χ4v) is 2.86. The molecule has 0 radical (unpaired) electrons. The van der Waals surface area contributed by atoms with Gasteiger partial charge in [-0.15, -0.1) is 0 Å². The average molecular weight is 314 g/mol. The second-order valence-electron chi connectivity index (χ2n) is 4.35. The van der Waals surface area contributed by atoms with Gasteiger partial charge in [0.2, 0.25) is 0 Å². The summed E-state index contributed by atoms with van der Waals surface area (Å²) in [6, 6.07) is 0.150. The van der Waals surface area contributed by atoms with Crippen molar-refractivity contribution < 1.29 is 4.79 Å². The van der Waals surface area contributed by atoms with Crippen LogP contribution in [0.2, 0.25) is 0 Å². The van der Waals surface area contributed by atoms with E-state index in [2.05, 4.69) is 31.2 Å². The number of nitrogens with zero attached hydrogens (tertiary/aromatic N) is 3. The van der Waals surface area contributed by atoms with Crippen molar-refractivity contribution in [3.8, 4) is 0 Å². The van der Waals surface area contributed by atoms with Crippen LogP contribution in [0.4, 0.5) is 10.6 Å². The summed E-state index contributed by atoms with van der Waals surface area (Å²) < 4.78 is 0.440. The lowest BCUT2D eigenvalue weighted by Crippen LogP contribution is -2.52. The molecule has 0 bridgehead atoms. The molecule has 1 aromatic heterocycles. The molecule has 2 amide bonds. The van der Waals surface area contributed by atoms with E-state index in [1.54, 1.807) is 0 Å². The minimum absolute atomic E-state index is 0.00224. The molecule has 2 fully saturated rings. The number of hydrogen-bond acceptors (Lipinski definition) is 4. The van der Waals surface area contributed by atoms with Gasteiger partial charge in [-0.25, -0.2) is 9.78 Å². The SMILES string of the molecule is O=C1NCC2CN(c3nc[nH]c(=O)c3Br)CCN12. The zero-order valence-corrected chi connectivity index (χ0v) is 11.1. The number of hydrogen-bond donors (Lipinski definition) is 2. The van der Waals surface area contributed by atoms with Crippen LogP contribution >= 0.6 is 15.9 Å². The second kappa shape index (κ2) is 4.27. The third-order valence-electron chi connectivity index (χ3n) is 3.31. The fraction of sp³-hybridized carbons (Fsp3) is 0.500. The molecule has 1 atom stereocenters. The Morgan fingerprint density at radius 1 is 1.39 bits per heavy atom. The van der Waals surface area contributed by atoms with Crippen LogP contribution in [-0.4, -0.2) is 53.1 Å². The summed E-state index contributed by atoms with van der Waals surface area (Å²) in [4.78, 5) is 33.6. The zero-order chi connectivity index (χ0) is 12.7. The maximum Gasteiger partial charge on any atom is 0.317 e. The van der Waals surface area contributed by atoms with Gasteiger partial charge in [-0.3, -0.25) is 4.79 Å². The number of rotatable bonds is 1. The summed E-state index contributed by atoms with van der Waals surface area (Å²) in [5.74, 6) is 0.637. The molecule has 18 heavy (non-hydrogen) atoms. The highest BCUT2D eigenvalue weighted by atomic mass is 79.9. The van der Waals surface area contributed by atoms with E-state index in [1.807, 2.05) is 9.80 Å². The van der Waals surface area contributed by atoms with Gasteiger partial charge in [-0.1, -0.05) is 0 Å². The molecule has 2 aliphatic rings. The maximum absolute atomic E-state index is 11.5. The molecule has 2 aliphatic heterocycles. The Balaban J connectivity index is 1.85. The van der Waals surface area contributed by atoms with E-state index in [-0.39, 0.29) is 17.6 Å². The van der Waals surface area contributed by atoms with E-state index in [0.29, 0.717) is 36.5 Å². The predicted octanol–water partition coefficient (Wildman–Crippen LogP) is -0.254. The molecular weight excluding hydrogens is 302 g/mol. The van der Waals surface area contributed by atoms with E-state index < -0.39 is 0 Å². The standard InChI is InChI=1S/C10H12BrN5O2/c11-7-8(13-5-14-9(7)17)15-1-2-16-6(4-15)3-12-10(16)18/h5-6H,1-4H2,(H,12,18)(H,13,14,17). The number of aromatic amines is 1. The third-order valence-corrected chi connectivity index (χ3v) is 4.02. The topological polar surface area (TPSA) is 81.3 Å². The summed E-state index contributed by atoms with van der Waals surface area (Å²) in [7, 11) is 0. The van der Waals surface area contributed by atoms with E-state index in [9.17, 15) is 9.59 Å². The lowest BCUT2D eigenvalue weighted by molar-refractivity contribution is 0.197. The number of carbonyl (C=O) groups is 1. The van der Waals surface area contributed by atoms with E-state index >= 15 is 0 Å². The summed E-state index contributed by atoms with van der Waals surface area (Å²) in [5, 5.41) is 2.82. The van der Waals surface area contributed by atoms with Crippen molar-refractivity contribution in [2.24, 2.45) is 0 Å². The summed E-state index contributed by atoms with van der Waals surface area (Å²) >= 11 is 3.26. The number of urea groups is 1. The minimum Gasteiger partial charge on any atom is -0.352 e. The van der Waals surface area contributed by atoms with Gasteiger partial charge >= 0.3 is 6.03 Å². The van der Waals surface area contributed by atoms with E-state index in [4.69, 9.17) is 0 Å². The number of H-pyrrole nitrogens is 1. The highest BCUT2D eigenvalue weighted by Crippen LogP contribution is 2.23. The maximum atomic E-state index is 11.5. The smallest absolute Gasteiger partial charge is 0.317 e. The van der Waals surface area contributed by atoms with Gasteiger partial charge in [-0.05, 0) is 15.9 Å². The van der Waals surface area contributed by atoms with Crippen molar-refractivity contribution >= 4 is 27.8 Å². The molecule has 1 aromatic rings. The minimum atomic E-state index is -0.192. The lowest BCUT2D eigenvalue weighted by atomic mass is 10.2. The predicted molar refractivity (Wildman–Crippen MR) is 68.7 cm³/mol. The number of anilines is 1. The first-order valence-electron chi connectivity index (χ1n) is 5.69. The monoisotopic (exact) mass is 313 g/mol. The molecule has 2 saturated heterocycles. The molecule has 3 rings (SSSR count). The van der Waals surface area contributed by atoms with Gasteiger partial charge in [0, 0.05) is 26.2 Å².